The van der Waals surface area contributed by atoms with E-state index in [-0.39, 0.29) is 21.3 Å². The van der Waals surface area contributed by atoms with Gasteiger partial charge in [0.25, 0.3) is 15.9 Å². The maximum Gasteiger partial charge on any atom is 0.264 e. The SMILES string of the molecule is COc1ccccc1N(C)S(=O)(=O)c1ccc(Cl)c(C(=O)Nc2cc(-c3ccccc3)[nH]n2)c1. The fourth-order valence-electron chi connectivity index (χ4n) is 3.35. The first-order valence-electron chi connectivity index (χ1n) is 10.1. The zero-order valence-corrected chi connectivity index (χ0v) is 19.9. The third-order valence-corrected chi connectivity index (χ3v) is 7.27. The third-order valence-electron chi connectivity index (χ3n) is 5.17. The molecule has 0 atom stereocenters. The van der Waals surface area contributed by atoms with Crippen LogP contribution in [-0.4, -0.2) is 38.7 Å². The first-order valence-corrected chi connectivity index (χ1v) is 12.0. The molecule has 3 aromatic carbocycles. The van der Waals surface area contributed by atoms with E-state index in [0.29, 0.717) is 11.4 Å². The number of aromatic nitrogens is 2. The first kappa shape index (κ1) is 23.3. The predicted molar refractivity (Wildman–Crippen MR) is 132 cm³/mol. The van der Waals surface area contributed by atoms with Gasteiger partial charge in [-0.1, -0.05) is 54.1 Å². The molecule has 0 saturated heterocycles. The number of methoxy groups -OCH3 is 1. The molecule has 1 amide bonds. The minimum absolute atomic E-state index is 0.000398. The lowest BCUT2D eigenvalue weighted by Gasteiger charge is -2.22. The van der Waals surface area contributed by atoms with Gasteiger partial charge in [0.15, 0.2) is 5.82 Å². The van der Waals surface area contributed by atoms with Crippen molar-refractivity contribution in [3.8, 4) is 17.0 Å². The van der Waals surface area contributed by atoms with Gasteiger partial charge in [0.1, 0.15) is 5.75 Å². The van der Waals surface area contributed by atoms with Crippen molar-refractivity contribution in [3.63, 3.8) is 0 Å². The van der Waals surface area contributed by atoms with Crippen LogP contribution in [0.5, 0.6) is 5.75 Å². The molecule has 0 aliphatic heterocycles. The van der Waals surface area contributed by atoms with Gasteiger partial charge in [-0.3, -0.25) is 14.2 Å². The van der Waals surface area contributed by atoms with Crippen LogP contribution in [0.3, 0.4) is 0 Å². The van der Waals surface area contributed by atoms with Crippen LogP contribution in [0.25, 0.3) is 11.3 Å². The van der Waals surface area contributed by atoms with Gasteiger partial charge >= 0.3 is 0 Å². The Morgan fingerprint density at radius 1 is 1.03 bits per heavy atom. The highest BCUT2D eigenvalue weighted by Crippen LogP contribution is 2.32. The summed E-state index contributed by atoms with van der Waals surface area (Å²) in [5.41, 5.74) is 1.98. The van der Waals surface area contributed by atoms with E-state index in [0.717, 1.165) is 15.6 Å². The molecule has 0 spiro atoms. The number of benzene rings is 3. The number of hydrogen-bond donors (Lipinski definition) is 2. The Labute approximate surface area is 202 Å². The summed E-state index contributed by atoms with van der Waals surface area (Å²) in [6.07, 6.45) is 0. The molecular formula is C24H21ClN4O4S. The average molecular weight is 497 g/mol. The van der Waals surface area contributed by atoms with Crippen molar-refractivity contribution in [2.75, 3.05) is 23.8 Å². The van der Waals surface area contributed by atoms with Gasteiger partial charge in [0, 0.05) is 13.1 Å². The van der Waals surface area contributed by atoms with Gasteiger partial charge in [-0.2, -0.15) is 5.10 Å². The zero-order valence-electron chi connectivity index (χ0n) is 18.3. The van der Waals surface area contributed by atoms with E-state index in [1.807, 2.05) is 30.3 Å². The number of nitrogens with zero attached hydrogens (tertiary/aromatic N) is 2. The van der Waals surface area contributed by atoms with Gasteiger partial charge in [-0.05, 0) is 35.9 Å². The molecule has 4 aromatic rings. The van der Waals surface area contributed by atoms with Crippen LogP contribution < -0.4 is 14.4 Å². The van der Waals surface area contributed by atoms with Crippen LogP contribution in [0.4, 0.5) is 11.5 Å². The number of hydrogen-bond acceptors (Lipinski definition) is 5. The number of H-pyrrole nitrogens is 1. The maximum atomic E-state index is 13.3. The number of sulfonamides is 1. The summed E-state index contributed by atoms with van der Waals surface area (Å²) in [4.78, 5) is 12.8. The number of halogens is 1. The van der Waals surface area contributed by atoms with E-state index in [2.05, 4.69) is 15.5 Å². The van der Waals surface area contributed by atoms with Crippen molar-refractivity contribution in [2.45, 2.75) is 4.90 Å². The average Bonchev–Trinajstić information content (AvgIpc) is 3.32. The second-order valence-electron chi connectivity index (χ2n) is 7.27. The molecule has 174 valence electrons. The molecule has 2 N–H and O–H groups in total. The number of para-hydroxylation sites is 2. The van der Waals surface area contributed by atoms with Gasteiger partial charge in [-0.15, -0.1) is 0 Å². The summed E-state index contributed by atoms with van der Waals surface area (Å²) in [6.45, 7) is 0. The summed E-state index contributed by atoms with van der Waals surface area (Å²) < 4.78 is 32.9. The van der Waals surface area contributed by atoms with Crippen molar-refractivity contribution in [2.24, 2.45) is 0 Å². The fourth-order valence-corrected chi connectivity index (χ4v) is 4.79. The zero-order chi connectivity index (χ0) is 24.3. The van der Waals surface area contributed by atoms with Gasteiger partial charge in [0.2, 0.25) is 0 Å². The Bertz CT molecular complexity index is 1440. The molecule has 0 radical (unpaired) electrons. The lowest BCUT2D eigenvalue weighted by molar-refractivity contribution is 0.102. The standard InChI is InChI=1S/C24H21ClN4O4S/c1-29(21-10-6-7-11-22(21)33-2)34(31,32)17-12-13-19(25)18(14-17)24(30)26-23-15-20(27-28-23)16-8-4-3-5-9-16/h3-15H,1-2H3,(H2,26,27,28,30). The monoisotopic (exact) mass is 496 g/mol. The Morgan fingerprint density at radius 2 is 1.74 bits per heavy atom. The van der Waals surface area contributed by atoms with E-state index < -0.39 is 15.9 Å². The van der Waals surface area contributed by atoms with E-state index in [9.17, 15) is 13.2 Å². The molecule has 1 aromatic heterocycles. The normalized spacial score (nSPS) is 11.1. The molecule has 0 unspecified atom stereocenters. The highest BCUT2D eigenvalue weighted by molar-refractivity contribution is 7.92. The first-order chi connectivity index (χ1) is 16.3. The number of carbonyl (C=O) groups excluding carboxylic acids is 1. The van der Waals surface area contributed by atoms with Crippen molar-refractivity contribution in [3.05, 3.63) is 89.4 Å². The largest absolute Gasteiger partial charge is 0.495 e. The second kappa shape index (κ2) is 9.58. The van der Waals surface area contributed by atoms with E-state index in [1.54, 1.807) is 30.3 Å². The molecule has 0 aliphatic rings. The topological polar surface area (TPSA) is 104 Å². The van der Waals surface area contributed by atoms with Crippen LogP contribution in [0.15, 0.2) is 83.8 Å². The number of aromatic amines is 1. The molecule has 8 nitrogen and oxygen atoms in total. The quantitative estimate of drug-likeness (QED) is 0.382. The molecule has 0 aliphatic carbocycles. The molecular weight excluding hydrogens is 476 g/mol. The minimum atomic E-state index is -4.01. The number of rotatable bonds is 7. The molecule has 34 heavy (non-hydrogen) atoms. The lowest BCUT2D eigenvalue weighted by Crippen LogP contribution is -2.27. The molecule has 1 heterocycles. The summed E-state index contributed by atoms with van der Waals surface area (Å²) in [5.74, 6) is 0.0840. The highest BCUT2D eigenvalue weighted by atomic mass is 35.5. The number of amides is 1. The Kier molecular flexibility index (Phi) is 6.58. The Morgan fingerprint density at radius 3 is 2.47 bits per heavy atom. The molecule has 0 saturated carbocycles. The van der Waals surface area contributed by atoms with Crippen molar-refractivity contribution in [1.82, 2.24) is 10.2 Å². The number of carbonyl (C=O) groups is 1. The van der Waals surface area contributed by atoms with Gasteiger partial charge in [-0.25, -0.2) is 8.42 Å². The molecule has 10 heteroatoms. The number of nitrogens with one attached hydrogen (secondary N) is 2. The van der Waals surface area contributed by atoms with E-state index in [4.69, 9.17) is 16.3 Å². The van der Waals surface area contributed by atoms with E-state index in [1.165, 1.54) is 32.4 Å². The van der Waals surface area contributed by atoms with Gasteiger partial charge < -0.3 is 10.1 Å². The van der Waals surface area contributed by atoms with Crippen LogP contribution in [0.2, 0.25) is 5.02 Å². The Hall–Kier alpha value is -3.82. The summed E-state index contributed by atoms with van der Waals surface area (Å²) in [6, 6.07) is 21.9. The fraction of sp³-hybridized carbons (Fsp3) is 0.0833. The molecule has 4 rings (SSSR count). The Balaban J connectivity index is 1.61. The van der Waals surface area contributed by atoms with Crippen LogP contribution >= 0.6 is 11.6 Å². The van der Waals surface area contributed by atoms with Gasteiger partial charge in [0.05, 0.1) is 34.0 Å². The van der Waals surface area contributed by atoms with Crippen LogP contribution in [-0.2, 0) is 10.0 Å². The number of ether oxygens (including phenoxy) is 1. The second-order valence-corrected chi connectivity index (χ2v) is 9.65. The summed E-state index contributed by atoms with van der Waals surface area (Å²) >= 11 is 6.24. The third kappa shape index (κ3) is 4.61. The molecule has 0 fully saturated rings. The maximum absolute atomic E-state index is 13.3. The smallest absolute Gasteiger partial charge is 0.264 e. The van der Waals surface area contributed by atoms with Crippen molar-refractivity contribution >= 4 is 39.0 Å². The van der Waals surface area contributed by atoms with Crippen molar-refractivity contribution in [1.29, 1.82) is 0 Å². The number of anilines is 2. The summed E-state index contributed by atoms with van der Waals surface area (Å²) in [7, 11) is -1.14. The molecule has 0 bridgehead atoms. The summed E-state index contributed by atoms with van der Waals surface area (Å²) in [5, 5.41) is 9.73. The van der Waals surface area contributed by atoms with Crippen LogP contribution in [0, 0.1) is 0 Å². The minimum Gasteiger partial charge on any atom is -0.495 e. The van der Waals surface area contributed by atoms with Crippen molar-refractivity contribution < 1.29 is 17.9 Å². The highest BCUT2D eigenvalue weighted by Gasteiger charge is 2.26. The lowest BCUT2D eigenvalue weighted by atomic mass is 10.1. The van der Waals surface area contributed by atoms with Crippen LogP contribution in [0.1, 0.15) is 10.4 Å². The predicted octanol–water partition coefficient (Wildman–Crippen LogP) is 4.82. The van der Waals surface area contributed by atoms with E-state index >= 15 is 0 Å².